The van der Waals surface area contributed by atoms with Crippen molar-refractivity contribution < 1.29 is 9.18 Å². The van der Waals surface area contributed by atoms with Crippen molar-refractivity contribution in [1.82, 2.24) is 25.1 Å². The predicted octanol–water partition coefficient (Wildman–Crippen LogP) is 2.26. The van der Waals surface area contributed by atoms with E-state index in [1.165, 1.54) is 12.1 Å². The number of carbonyl (C=O) groups is 1. The quantitative estimate of drug-likeness (QED) is 0.868. The Balaban J connectivity index is 1.69. The van der Waals surface area contributed by atoms with Crippen LogP contribution in [0.4, 0.5) is 4.39 Å². The third kappa shape index (κ3) is 3.55. The lowest BCUT2D eigenvalue weighted by molar-refractivity contribution is -0.135. The van der Waals surface area contributed by atoms with E-state index in [4.69, 9.17) is 0 Å². The minimum absolute atomic E-state index is 0.0341. The molecule has 0 radical (unpaired) electrons. The summed E-state index contributed by atoms with van der Waals surface area (Å²) in [4.78, 5) is 14.5. The number of aromatic nitrogens is 4. The van der Waals surface area contributed by atoms with Gasteiger partial charge in [0.25, 0.3) is 0 Å². The van der Waals surface area contributed by atoms with Gasteiger partial charge in [0.2, 0.25) is 5.91 Å². The van der Waals surface area contributed by atoms with Gasteiger partial charge < -0.3 is 4.90 Å². The zero-order chi connectivity index (χ0) is 16.2. The van der Waals surface area contributed by atoms with E-state index in [1.54, 1.807) is 16.8 Å². The monoisotopic (exact) mass is 317 g/mol. The van der Waals surface area contributed by atoms with Crippen molar-refractivity contribution in [2.75, 3.05) is 6.54 Å². The Morgan fingerprint density at radius 1 is 1.30 bits per heavy atom. The number of carbonyl (C=O) groups excluding carboxylic acids is 1. The smallest absolute Gasteiger partial charge is 0.224 e. The largest absolute Gasteiger partial charge is 0.336 e. The highest BCUT2D eigenvalue weighted by Crippen LogP contribution is 2.31. The Kier molecular flexibility index (Phi) is 4.64. The third-order valence-corrected chi connectivity index (χ3v) is 4.33. The van der Waals surface area contributed by atoms with Crippen LogP contribution in [0.15, 0.2) is 24.3 Å². The predicted molar refractivity (Wildman–Crippen MR) is 81.9 cm³/mol. The standard InChI is InChI=1S/C16H20FN5O/c1-12-18-19-20-22(12)11-9-16(23)21-10-3-2-4-15(21)13-5-7-14(17)8-6-13/h5-8,15H,2-4,9-11H2,1H3/t15-/m0/s1. The summed E-state index contributed by atoms with van der Waals surface area (Å²) >= 11 is 0. The zero-order valence-electron chi connectivity index (χ0n) is 13.2. The van der Waals surface area contributed by atoms with Gasteiger partial charge in [-0.05, 0) is 54.3 Å². The van der Waals surface area contributed by atoms with Crippen LogP contribution in [0.25, 0.3) is 0 Å². The maximum Gasteiger partial charge on any atom is 0.224 e. The number of amides is 1. The fourth-order valence-electron chi connectivity index (χ4n) is 3.06. The van der Waals surface area contributed by atoms with Gasteiger partial charge in [-0.3, -0.25) is 4.79 Å². The summed E-state index contributed by atoms with van der Waals surface area (Å²) in [5.41, 5.74) is 0.998. The molecule has 1 aromatic heterocycles. The Bertz CT molecular complexity index is 669. The van der Waals surface area contributed by atoms with Gasteiger partial charge in [0.1, 0.15) is 11.6 Å². The van der Waals surface area contributed by atoms with Crippen molar-refractivity contribution in [2.24, 2.45) is 0 Å². The van der Waals surface area contributed by atoms with Crippen molar-refractivity contribution in [2.45, 2.75) is 45.2 Å². The van der Waals surface area contributed by atoms with E-state index < -0.39 is 0 Å². The molecular formula is C16H20FN5O. The molecule has 0 unspecified atom stereocenters. The summed E-state index contributed by atoms with van der Waals surface area (Å²) in [6.45, 7) is 3.03. The molecule has 23 heavy (non-hydrogen) atoms. The van der Waals surface area contributed by atoms with E-state index in [0.29, 0.717) is 18.8 Å². The average molecular weight is 317 g/mol. The Labute approximate surface area is 134 Å². The number of hydrogen-bond acceptors (Lipinski definition) is 4. The fraction of sp³-hybridized carbons (Fsp3) is 0.500. The summed E-state index contributed by atoms with van der Waals surface area (Å²) in [6, 6.07) is 6.49. The number of nitrogens with zero attached hydrogens (tertiary/aromatic N) is 5. The SMILES string of the molecule is Cc1nnnn1CCC(=O)N1CCCC[C@H]1c1ccc(F)cc1. The van der Waals surface area contributed by atoms with Gasteiger partial charge in [0.15, 0.2) is 0 Å². The van der Waals surface area contributed by atoms with Crippen molar-refractivity contribution >= 4 is 5.91 Å². The molecule has 3 rings (SSSR count). The summed E-state index contributed by atoms with van der Waals surface area (Å²) in [5, 5.41) is 11.3. The van der Waals surface area contributed by atoms with E-state index >= 15 is 0 Å². The van der Waals surface area contributed by atoms with E-state index in [2.05, 4.69) is 15.5 Å². The molecule has 0 saturated carbocycles. The maximum atomic E-state index is 13.1. The molecule has 7 heteroatoms. The first-order valence-corrected chi connectivity index (χ1v) is 7.93. The number of piperidine rings is 1. The van der Waals surface area contributed by atoms with Crippen molar-refractivity contribution in [3.63, 3.8) is 0 Å². The van der Waals surface area contributed by atoms with Crippen LogP contribution in [0.2, 0.25) is 0 Å². The van der Waals surface area contributed by atoms with E-state index in [0.717, 1.165) is 31.4 Å². The fourth-order valence-corrected chi connectivity index (χ4v) is 3.06. The molecule has 1 aromatic carbocycles. The summed E-state index contributed by atoms with van der Waals surface area (Å²) in [6.07, 6.45) is 3.37. The molecule has 1 saturated heterocycles. The van der Waals surface area contributed by atoms with E-state index in [9.17, 15) is 9.18 Å². The van der Waals surface area contributed by atoms with Crippen LogP contribution in [-0.2, 0) is 11.3 Å². The molecule has 1 aliphatic heterocycles. The molecule has 1 fully saturated rings. The molecule has 1 amide bonds. The topological polar surface area (TPSA) is 63.9 Å². The number of halogens is 1. The highest BCUT2D eigenvalue weighted by molar-refractivity contribution is 5.76. The van der Waals surface area contributed by atoms with Gasteiger partial charge in [-0.25, -0.2) is 9.07 Å². The van der Waals surface area contributed by atoms with E-state index in [-0.39, 0.29) is 17.8 Å². The number of hydrogen-bond donors (Lipinski definition) is 0. The van der Waals surface area contributed by atoms with Gasteiger partial charge in [-0.1, -0.05) is 12.1 Å². The summed E-state index contributed by atoms with van der Waals surface area (Å²) < 4.78 is 14.8. The lowest BCUT2D eigenvalue weighted by atomic mass is 9.95. The molecule has 2 heterocycles. The van der Waals surface area contributed by atoms with Crippen LogP contribution in [-0.4, -0.2) is 37.6 Å². The summed E-state index contributed by atoms with van der Waals surface area (Å²) in [5.74, 6) is 0.539. The number of tetrazole rings is 1. The van der Waals surface area contributed by atoms with Gasteiger partial charge in [0.05, 0.1) is 12.6 Å². The second-order valence-corrected chi connectivity index (χ2v) is 5.85. The van der Waals surface area contributed by atoms with Gasteiger partial charge in [0, 0.05) is 13.0 Å². The van der Waals surface area contributed by atoms with Crippen LogP contribution >= 0.6 is 0 Å². The number of likely N-dealkylation sites (tertiary alicyclic amines) is 1. The number of rotatable bonds is 4. The van der Waals surface area contributed by atoms with Crippen LogP contribution in [0.5, 0.6) is 0 Å². The average Bonchev–Trinajstić information content (AvgIpc) is 2.98. The number of aryl methyl sites for hydroxylation is 2. The molecule has 0 spiro atoms. The molecule has 2 aromatic rings. The van der Waals surface area contributed by atoms with Gasteiger partial charge in [-0.15, -0.1) is 5.10 Å². The molecule has 0 aliphatic carbocycles. The first-order chi connectivity index (χ1) is 11.1. The second-order valence-electron chi connectivity index (χ2n) is 5.85. The van der Waals surface area contributed by atoms with Crippen LogP contribution < -0.4 is 0 Å². The Hall–Kier alpha value is -2.31. The minimum atomic E-state index is -0.253. The normalized spacial score (nSPS) is 18.2. The lowest BCUT2D eigenvalue weighted by Gasteiger charge is -2.36. The van der Waals surface area contributed by atoms with Crippen LogP contribution in [0, 0.1) is 12.7 Å². The number of benzene rings is 1. The molecule has 0 bridgehead atoms. The Morgan fingerprint density at radius 3 is 2.78 bits per heavy atom. The Morgan fingerprint density at radius 2 is 2.09 bits per heavy atom. The molecular weight excluding hydrogens is 297 g/mol. The van der Waals surface area contributed by atoms with Gasteiger partial charge >= 0.3 is 0 Å². The minimum Gasteiger partial charge on any atom is -0.336 e. The third-order valence-electron chi connectivity index (χ3n) is 4.33. The highest BCUT2D eigenvalue weighted by Gasteiger charge is 2.27. The summed E-state index contributed by atoms with van der Waals surface area (Å²) in [7, 11) is 0. The molecule has 122 valence electrons. The molecule has 1 aliphatic rings. The van der Waals surface area contributed by atoms with Gasteiger partial charge in [-0.2, -0.15) is 0 Å². The van der Waals surface area contributed by atoms with Crippen molar-refractivity contribution in [3.8, 4) is 0 Å². The lowest BCUT2D eigenvalue weighted by Crippen LogP contribution is -2.38. The van der Waals surface area contributed by atoms with E-state index in [1.807, 2.05) is 11.8 Å². The maximum absolute atomic E-state index is 13.1. The zero-order valence-corrected chi connectivity index (χ0v) is 13.2. The van der Waals surface area contributed by atoms with Crippen LogP contribution in [0.1, 0.15) is 43.1 Å². The molecule has 1 atom stereocenters. The first-order valence-electron chi connectivity index (χ1n) is 7.93. The van der Waals surface area contributed by atoms with Crippen molar-refractivity contribution in [3.05, 3.63) is 41.5 Å². The second kappa shape index (κ2) is 6.85. The highest BCUT2D eigenvalue weighted by atomic mass is 19.1. The van der Waals surface area contributed by atoms with Crippen LogP contribution in [0.3, 0.4) is 0 Å². The first kappa shape index (κ1) is 15.6. The molecule has 6 nitrogen and oxygen atoms in total. The van der Waals surface area contributed by atoms with Crippen molar-refractivity contribution in [1.29, 1.82) is 0 Å². The molecule has 0 N–H and O–H groups in total.